The smallest absolute Gasteiger partial charge is 0.157 e. The van der Waals surface area contributed by atoms with Crippen LogP contribution >= 0.6 is 0 Å². The molecule has 0 amide bonds. The largest absolute Gasteiger partial charge is 0.330 e. The molecule has 0 spiro atoms. The van der Waals surface area contributed by atoms with Crippen molar-refractivity contribution in [2.75, 3.05) is 39.3 Å². The van der Waals surface area contributed by atoms with Gasteiger partial charge in [-0.15, -0.1) is 5.43 Å². The van der Waals surface area contributed by atoms with Gasteiger partial charge in [0.05, 0.1) is 6.54 Å². The van der Waals surface area contributed by atoms with Crippen molar-refractivity contribution in [2.45, 2.75) is 25.7 Å². The van der Waals surface area contributed by atoms with E-state index in [-0.39, 0.29) is 0 Å². The summed E-state index contributed by atoms with van der Waals surface area (Å²) >= 11 is 0. The molecule has 0 aliphatic rings. The van der Waals surface area contributed by atoms with Crippen molar-refractivity contribution >= 4 is 0 Å². The zero-order valence-corrected chi connectivity index (χ0v) is 10.4. The lowest BCUT2D eigenvalue weighted by molar-refractivity contribution is -0.544. The fourth-order valence-electron chi connectivity index (χ4n) is 1.36. The second-order valence-corrected chi connectivity index (χ2v) is 3.87. The molecule has 0 aliphatic carbocycles. The van der Waals surface area contributed by atoms with Crippen LogP contribution in [0.4, 0.5) is 0 Å². The molecule has 0 saturated heterocycles. The van der Waals surface area contributed by atoms with Gasteiger partial charge in [-0.3, -0.25) is 0 Å². The molecule has 102 valence electrons. The molecule has 7 nitrogen and oxygen atoms in total. The number of nitrogens with two attached hydrogens (primary N) is 1. The SMILES string of the molecule is NCCCNCCCCNCCCN[N+](=O)[O-]. The van der Waals surface area contributed by atoms with Crippen LogP contribution in [-0.2, 0) is 0 Å². The van der Waals surface area contributed by atoms with E-state index in [9.17, 15) is 10.1 Å². The maximum absolute atomic E-state index is 9.94. The highest BCUT2D eigenvalue weighted by Gasteiger charge is 1.93. The molecule has 5 N–H and O–H groups in total. The first-order valence-electron chi connectivity index (χ1n) is 6.26. The maximum atomic E-state index is 9.94. The molecule has 0 atom stereocenters. The van der Waals surface area contributed by atoms with Gasteiger partial charge >= 0.3 is 0 Å². The highest BCUT2D eigenvalue weighted by atomic mass is 16.7. The van der Waals surface area contributed by atoms with Gasteiger partial charge in [-0.1, -0.05) is 0 Å². The topological polar surface area (TPSA) is 105 Å². The van der Waals surface area contributed by atoms with Crippen LogP contribution in [0.1, 0.15) is 25.7 Å². The Bertz CT molecular complexity index is 180. The summed E-state index contributed by atoms with van der Waals surface area (Å²) in [6.45, 7) is 4.98. The third kappa shape index (κ3) is 15.1. The average molecular weight is 247 g/mol. The van der Waals surface area contributed by atoms with E-state index in [4.69, 9.17) is 5.73 Å². The van der Waals surface area contributed by atoms with Gasteiger partial charge in [0.1, 0.15) is 0 Å². The Morgan fingerprint density at radius 2 is 1.41 bits per heavy atom. The van der Waals surface area contributed by atoms with Crippen LogP contribution in [0.3, 0.4) is 0 Å². The minimum atomic E-state index is -0.507. The van der Waals surface area contributed by atoms with Gasteiger partial charge in [-0.05, 0) is 58.4 Å². The molecule has 0 bridgehead atoms. The van der Waals surface area contributed by atoms with Crippen molar-refractivity contribution in [3.63, 3.8) is 0 Å². The molecule has 0 fully saturated rings. The fraction of sp³-hybridized carbons (Fsp3) is 1.00. The van der Waals surface area contributed by atoms with Crippen LogP contribution in [-0.4, -0.2) is 44.3 Å². The number of hydrogen-bond donors (Lipinski definition) is 4. The van der Waals surface area contributed by atoms with Gasteiger partial charge in [-0.25, -0.2) is 10.1 Å². The number of hydrazine groups is 1. The molecule has 0 unspecified atom stereocenters. The lowest BCUT2D eigenvalue weighted by Crippen LogP contribution is -2.26. The maximum Gasteiger partial charge on any atom is 0.157 e. The van der Waals surface area contributed by atoms with Crippen LogP contribution in [0.15, 0.2) is 0 Å². The molecule has 0 aromatic rings. The summed E-state index contributed by atoms with van der Waals surface area (Å²) in [5.41, 5.74) is 7.51. The highest BCUT2D eigenvalue weighted by Crippen LogP contribution is 1.85. The summed E-state index contributed by atoms with van der Waals surface area (Å²) in [7, 11) is 0. The van der Waals surface area contributed by atoms with Crippen molar-refractivity contribution in [3.8, 4) is 0 Å². The molecule has 0 aromatic heterocycles. The lowest BCUT2D eigenvalue weighted by Gasteiger charge is -2.05. The minimum absolute atomic E-state index is 0.417. The van der Waals surface area contributed by atoms with Crippen LogP contribution in [0.2, 0.25) is 0 Å². The Hall–Kier alpha value is -0.920. The molecular formula is C10H25N5O2. The molecular weight excluding hydrogens is 222 g/mol. The van der Waals surface area contributed by atoms with Gasteiger partial charge < -0.3 is 16.4 Å². The van der Waals surface area contributed by atoms with E-state index in [1.807, 2.05) is 0 Å². The van der Waals surface area contributed by atoms with E-state index in [0.717, 1.165) is 58.4 Å². The van der Waals surface area contributed by atoms with Crippen LogP contribution in [0.5, 0.6) is 0 Å². The van der Waals surface area contributed by atoms with Crippen LogP contribution < -0.4 is 21.8 Å². The van der Waals surface area contributed by atoms with E-state index < -0.39 is 5.03 Å². The lowest BCUT2D eigenvalue weighted by atomic mass is 10.3. The fourth-order valence-corrected chi connectivity index (χ4v) is 1.36. The van der Waals surface area contributed by atoms with E-state index >= 15 is 0 Å². The summed E-state index contributed by atoms with van der Waals surface area (Å²) in [5, 5.41) is 16.0. The van der Waals surface area contributed by atoms with Crippen molar-refractivity contribution < 1.29 is 5.03 Å². The molecule has 0 aromatic carbocycles. The highest BCUT2D eigenvalue weighted by molar-refractivity contribution is 4.53. The van der Waals surface area contributed by atoms with Crippen molar-refractivity contribution in [2.24, 2.45) is 5.73 Å². The molecule has 0 saturated carbocycles. The number of rotatable bonds is 13. The van der Waals surface area contributed by atoms with Gasteiger partial charge in [-0.2, -0.15) is 0 Å². The van der Waals surface area contributed by atoms with E-state index in [0.29, 0.717) is 6.54 Å². The molecule has 17 heavy (non-hydrogen) atoms. The second-order valence-electron chi connectivity index (χ2n) is 3.87. The predicted octanol–water partition coefficient (Wildman–Crippen LogP) is -0.534. The normalized spacial score (nSPS) is 10.4. The Morgan fingerprint density at radius 3 is 1.94 bits per heavy atom. The first kappa shape index (κ1) is 16.1. The molecule has 0 heterocycles. The zero-order valence-electron chi connectivity index (χ0n) is 10.4. The molecule has 0 aliphatic heterocycles. The van der Waals surface area contributed by atoms with E-state index in [1.54, 1.807) is 0 Å². The van der Waals surface area contributed by atoms with Gasteiger partial charge in [0.2, 0.25) is 0 Å². The molecule has 0 rings (SSSR count). The summed E-state index contributed by atoms with van der Waals surface area (Å²) < 4.78 is 0. The minimum Gasteiger partial charge on any atom is -0.330 e. The quantitative estimate of drug-likeness (QED) is 0.198. The summed E-state index contributed by atoms with van der Waals surface area (Å²) in [6.07, 6.45) is 4.07. The molecule has 7 heteroatoms. The second kappa shape index (κ2) is 13.1. The van der Waals surface area contributed by atoms with Gasteiger partial charge in [0.25, 0.3) is 0 Å². The Kier molecular flexibility index (Phi) is 12.4. The van der Waals surface area contributed by atoms with E-state index in [2.05, 4.69) is 16.1 Å². The van der Waals surface area contributed by atoms with Gasteiger partial charge in [0.15, 0.2) is 5.03 Å². The monoisotopic (exact) mass is 247 g/mol. The Morgan fingerprint density at radius 1 is 0.882 bits per heavy atom. The van der Waals surface area contributed by atoms with Crippen LogP contribution in [0.25, 0.3) is 0 Å². The Labute approximate surface area is 103 Å². The number of hydrogen-bond acceptors (Lipinski definition) is 5. The first-order chi connectivity index (χ1) is 8.27. The summed E-state index contributed by atoms with van der Waals surface area (Å²) in [4.78, 5) is 9.94. The van der Waals surface area contributed by atoms with Crippen molar-refractivity contribution in [1.82, 2.24) is 16.1 Å². The molecule has 0 radical (unpaired) electrons. The van der Waals surface area contributed by atoms with Crippen molar-refractivity contribution in [3.05, 3.63) is 10.1 Å². The third-order valence-electron chi connectivity index (χ3n) is 2.29. The summed E-state index contributed by atoms with van der Waals surface area (Å²) in [6, 6.07) is 0. The van der Waals surface area contributed by atoms with Crippen LogP contribution in [0, 0.1) is 10.1 Å². The average Bonchev–Trinajstić information content (AvgIpc) is 2.30. The van der Waals surface area contributed by atoms with Gasteiger partial charge in [0, 0.05) is 0 Å². The van der Waals surface area contributed by atoms with E-state index in [1.165, 1.54) is 0 Å². The van der Waals surface area contributed by atoms with Crippen molar-refractivity contribution in [1.29, 1.82) is 0 Å². The standard InChI is InChI=1S/C10H25N5O2/c11-5-3-8-12-6-1-2-7-13-9-4-10-14-15(16)17/h12-14H,1-11H2. The number of unbranched alkanes of at least 4 members (excludes halogenated alkanes) is 1. The third-order valence-corrected chi connectivity index (χ3v) is 2.29. The number of nitro groups is 1. The zero-order chi connectivity index (χ0) is 12.8. The number of nitrogens with zero attached hydrogens (tertiary/aromatic N) is 1. The summed E-state index contributed by atoms with van der Waals surface area (Å²) in [5.74, 6) is 0. The number of nitrogens with one attached hydrogen (secondary N) is 3. The first-order valence-corrected chi connectivity index (χ1v) is 6.26. The predicted molar refractivity (Wildman–Crippen MR) is 68.3 cm³/mol. The Balaban J connectivity index is 2.91.